The number of nitrogens with one attached hydrogen (secondary N) is 2. The van der Waals surface area contributed by atoms with Crippen molar-refractivity contribution in [2.75, 3.05) is 11.9 Å². The van der Waals surface area contributed by atoms with Gasteiger partial charge in [-0.25, -0.2) is 4.98 Å². The van der Waals surface area contributed by atoms with Crippen molar-refractivity contribution in [3.05, 3.63) is 59.5 Å². The van der Waals surface area contributed by atoms with Gasteiger partial charge in [-0.3, -0.25) is 4.79 Å². The van der Waals surface area contributed by atoms with Gasteiger partial charge in [-0.15, -0.1) is 0 Å². The van der Waals surface area contributed by atoms with E-state index in [2.05, 4.69) is 15.6 Å². The number of benzene rings is 1. The van der Waals surface area contributed by atoms with Crippen molar-refractivity contribution in [2.45, 2.75) is 12.5 Å². The molecule has 2 heterocycles. The topological polar surface area (TPSA) is 54.0 Å². The van der Waals surface area contributed by atoms with E-state index in [1.54, 1.807) is 6.07 Å². The molecule has 2 aromatic rings. The fraction of sp³-hybridized carbons (Fsp3) is 0.200. The number of carbonyl (C=O) groups excluding carboxylic acids is 1. The molecule has 0 saturated carbocycles. The van der Waals surface area contributed by atoms with Crippen molar-refractivity contribution < 1.29 is 9.18 Å². The van der Waals surface area contributed by atoms with Gasteiger partial charge >= 0.3 is 0 Å². The van der Waals surface area contributed by atoms with Crippen LogP contribution in [-0.2, 0) is 11.2 Å². The van der Waals surface area contributed by atoms with Crippen LogP contribution in [0.3, 0.4) is 0 Å². The van der Waals surface area contributed by atoms with Crippen LogP contribution in [0.1, 0.15) is 17.2 Å². The second kappa shape index (κ2) is 5.38. The van der Waals surface area contributed by atoms with E-state index < -0.39 is 12.0 Å². The van der Waals surface area contributed by atoms with Crippen molar-refractivity contribution >= 4 is 11.7 Å². The first kappa shape index (κ1) is 12.7. The molecular formula is C15H14FN3O. The zero-order chi connectivity index (χ0) is 13.9. The summed E-state index contributed by atoms with van der Waals surface area (Å²) in [5.41, 5.74) is 2.13. The molecule has 0 bridgehead atoms. The molecule has 0 radical (unpaired) electrons. The van der Waals surface area contributed by atoms with E-state index in [0.717, 1.165) is 18.5 Å². The molecular weight excluding hydrogens is 257 g/mol. The number of nitrogens with zero attached hydrogens (tertiary/aromatic N) is 1. The molecule has 1 atom stereocenters. The van der Waals surface area contributed by atoms with E-state index in [1.807, 2.05) is 24.3 Å². The number of fused-ring (bicyclic) bond motifs is 1. The number of anilines is 1. The third-order valence-electron chi connectivity index (χ3n) is 3.34. The number of pyridine rings is 1. The van der Waals surface area contributed by atoms with E-state index in [1.165, 1.54) is 17.7 Å². The van der Waals surface area contributed by atoms with Crippen LogP contribution in [0.4, 0.5) is 10.2 Å². The Morgan fingerprint density at radius 2 is 2.10 bits per heavy atom. The number of rotatable bonds is 2. The highest BCUT2D eigenvalue weighted by Crippen LogP contribution is 2.23. The largest absolute Gasteiger partial charge is 0.309 e. The molecule has 0 spiro atoms. The van der Waals surface area contributed by atoms with Gasteiger partial charge in [0.1, 0.15) is 11.9 Å². The van der Waals surface area contributed by atoms with Crippen LogP contribution in [0.25, 0.3) is 0 Å². The second-order valence-corrected chi connectivity index (χ2v) is 4.67. The molecule has 3 rings (SSSR count). The van der Waals surface area contributed by atoms with Crippen LogP contribution in [0.2, 0.25) is 0 Å². The average Bonchev–Trinajstić information content (AvgIpc) is 2.46. The quantitative estimate of drug-likeness (QED) is 0.822. The molecule has 102 valence electrons. The monoisotopic (exact) mass is 271 g/mol. The van der Waals surface area contributed by atoms with E-state index >= 15 is 0 Å². The van der Waals surface area contributed by atoms with Crippen LogP contribution < -0.4 is 10.6 Å². The summed E-state index contributed by atoms with van der Waals surface area (Å²) in [4.78, 5) is 15.9. The van der Waals surface area contributed by atoms with E-state index in [0.29, 0.717) is 0 Å². The Morgan fingerprint density at radius 3 is 2.95 bits per heavy atom. The summed E-state index contributed by atoms with van der Waals surface area (Å²) < 4.78 is 13.0. The zero-order valence-electron chi connectivity index (χ0n) is 10.8. The van der Waals surface area contributed by atoms with Gasteiger partial charge in [0.25, 0.3) is 0 Å². The molecule has 2 N–H and O–H groups in total. The summed E-state index contributed by atoms with van der Waals surface area (Å²) in [5.74, 6) is -0.616. The Bertz CT molecular complexity index is 645. The summed E-state index contributed by atoms with van der Waals surface area (Å²) in [6.07, 6.45) is 0.901. The Balaban J connectivity index is 1.82. The lowest BCUT2D eigenvalue weighted by molar-refractivity contribution is -0.118. The molecule has 0 saturated heterocycles. The highest BCUT2D eigenvalue weighted by atomic mass is 19.1. The molecule has 1 aliphatic heterocycles. The molecule has 1 amide bonds. The molecule has 5 heteroatoms. The second-order valence-electron chi connectivity index (χ2n) is 4.67. The molecule has 4 nitrogen and oxygen atoms in total. The van der Waals surface area contributed by atoms with E-state index in [9.17, 15) is 9.18 Å². The van der Waals surface area contributed by atoms with Crippen LogP contribution in [0.5, 0.6) is 0 Å². The maximum Gasteiger partial charge on any atom is 0.247 e. The summed E-state index contributed by atoms with van der Waals surface area (Å²) in [6, 6.07) is 11.7. The smallest absolute Gasteiger partial charge is 0.247 e. The zero-order valence-corrected chi connectivity index (χ0v) is 10.8. The molecule has 0 aliphatic carbocycles. The number of hydrogen-bond acceptors (Lipinski definition) is 3. The van der Waals surface area contributed by atoms with Gasteiger partial charge in [0.2, 0.25) is 11.9 Å². The van der Waals surface area contributed by atoms with Crippen LogP contribution in [-0.4, -0.2) is 17.4 Å². The van der Waals surface area contributed by atoms with Gasteiger partial charge in [-0.05, 0) is 29.7 Å². The first-order valence-electron chi connectivity index (χ1n) is 6.48. The average molecular weight is 271 g/mol. The van der Waals surface area contributed by atoms with Crippen LogP contribution in [0.15, 0.2) is 42.5 Å². The van der Waals surface area contributed by atoms with Crippen molar-refractivity contribution in [1.82, 2.24) is 10.3 Å². The van der Waals surface area contributed by atoms with Crippen molar-refractivity contribution in [3.8, 4) is 0 Å². The Labute approximate surface area is 116 Å². The lowest BCUT2D eigenvalue weighted by Crippen LogP contribution is -2.38. The first-order chi connectivity index (χ1) is 9.74. The summed E-state index contributed by atoms with van der Waals surface area (Å²) in [6.45, 7) is 0.742. The maximum absolute atomic E-state index is 13.0. The minimum Gasteiger partial charge on any atom is -0.309 e. The third-order valence-corrected chi connectivity index (χ3v) is 3.34. The number of hydrogen-bond donors (Lipinski definition) is 2. The van der Waals surface area contributed by atoms with Crippen LogP contribution >= 0.6 is 0 Å². The molecule has 0 fully saturated rings. The normalized spacial score (nSPS) is 17.4. The van der Waals surface area contributed by atoms with Crippen molar-refractivity contribution in [3.63, 3.8) is 0 Å². The number of carbonyl (C=O) groups is 1. The summed E-state index contributed by atoms with van der Waals surface area (Å²) in [5, 5.41) is 5.82. The summed E-state index contributed by atoms with van der Waals surface area (Å²) in [7, 11) is 0. The van der Waals surface area contributed by atoms with Gasteiger partial charge < -0.3 is 10.6 Å². The number of amides is 1. The maximum atomic E-state index is 13.0. The Kier molecular flexibility index (Phi) is 3.43. The fourth-order valence-corrected chi connectivity index (χ4v) is 2.41. The lowest BCUT2D eigenvalue weighted by Gasteiger charge is -2.25. The van der Waals surface area contributed by atoms with Gasteiger partial charge in [0.15, 0.2) is 0 Å². The first-order valence-corrected chi connectivity index (χ1v) is 6.48. The number of aromatic nitrogens is 1. The predicted molar refractivity (Wildman–Crippen MR) is 73.7 cm³/mol. The predicted octanol–water partition coefficient (Wildman–Crippen LogP) is 2.05. The highest BCUT2D eigenvalue weighted by molar-refractivity contribution is 5.95. The fourth-order valence-electron chi connectivity index (χ4n) is 2.41. The molecule has 20 heavy (non-hydrogen) atoms. The van der Waals surface area contributed by atoms with Gasteiger partial charge in [-0.2, -0.15) is 4.39 Å². The molecule has 1 aromatic heterocycles. The number of halogens is 1. The van der Waals surface area contributed by atoms with Crippen molar-refractivity contribution in [2.24, 2.45) is 0 Å². The summed E-state index contributed by atoms with van der Waals surface area (Å²) >= 11 is 0. The Hall–Kier alpha value is -2.27. The van der Waals surface area contributed by atoms with Crippen molar-refractivity contribution in [1.29, 1.82) is 0 Å². The Morgan fingerprint density at radius 1 is 1.25 bits per heavy atom. The molecule has 1 unspecified atom stereocenters. The highest BCUT2D eigenvalue weighted by Gasteiger charge is 2.25. The third kappa shape index (κ3) is 2.53. The van der Waals surface area contributed by atoms with E-state index in [-0.39, 0.29) is 11.7 Å². The standard InChI is InChI=1S/C15H14FN3O/c16-12-6-3-7-13(18-12)19-15(20)14-11-5-2-1-4-10(11)8-9-17-14/h1-7,14,17H,8-9H2,(H,18,19,20). The van der Waals surface area contributed by atoms with Gasteiger partial charge in [0.05, 0.1) is 0 Å². The minimum atomic E-state index is -0.611. The molecule has 1 aliphatic rings. The lowest BCUT2D eigenvalue weighted by atomic mass is 9.94. The SMILES string of the molecule is O=C(Nc1cccc(F)n1)C1NCCc2ccccc21. The molecule has 1 aromatic carbocycles. The van der Waals surface area contributed by atoms with Gasteiger partial charge in [-0.1, -0.05) is 30.3 Å². The van der Waals surface area contributed by atoms with E-state index in [4.69, 9.17) is 0 Å². The minimum absolute atomic E-state index is 0.222. The van der Waals surface area contributed by atoms with Gasteiger partial charge in [0, 0.05) is 6.54 Å². The van der Waals surface area contributed by atoms with Crippen LogP contribution in [0, 0.1) is 5.95 Å².